The first-order valence-electron chi connectivity index (χ1n) is 11.5. The van der Waals surface area contributed by atoms with Gasteiger partial charge in [-0.3, -0.25) is 14.5 Å². The topological polar surface area (TPSA) is 78.9 Å². The summed E-state index contributed by atoms with van der Waals surface area (Å²) in [6, 6.07) is 19.6. The molecule has 0 saturated carbocycles. The van der Waals surface area contributed by atoms with Crippen LogP contribution in [0, 0.1) is 0 Å². The second kappa shape index (κ2) is 11.7. The van der Waals surface area contributed by atoms with E-state index < -0.39 is 12.0 Å². The highest BCUT2D eigenvalue weighted by Gasteiger charge is 2.44. The number of nitrogens with zero attached hydrogens (tertiary/aromatic N) is 2. The van der Waals surface area contributed by atoms with Gasteiger partial charge in [-0.25, -0.2) is 4.79 Å². The number of hydrogen-bond acceptors (Lipinski definition) is 5. The van der Waals surface area contributed by atoms with Gasteiger partial charge in [0.1, 0.15) is 6.04 Å². The van der Waals surface area contributed by atoms with Crippen LogP contribution in [-0.2, 0) is 20.9 Å². The summed E-state index contributed by atoms with van der Waals surface area (Å²) in [7, 11) is 0. The molecule has 1 fully saturated rings. The number of amides is 2. The zero-order chi connectivity index (χ0) is 26.5. The van der Waals surface area contributed by atoms with E-state index in [0.29, 0.717) is 33.5 Å². The van der Waals surface area contributed by atoms with Gasteiger partial charge in [-0.15, -0.1) is 0 Å². The number of carbonyl (C=O) groups excluding carboxylic acids is 3. The number of nitrogens with one attached hydrogen (secondary N) is 1. The number of thiocarbonyl (C=S) groups is 1. The predicted molar refractivity (Wildman–Crippen MR) is 148 cm³/mol. The van der Waals surface area contributed by atoms with Gasteiger partial charge in [0.25, 0.3) is 5.91 Å². The van der Waals surface area contributed by atoms with Crippen LogP contribution in [0.3, 0.4) is 0 Å². The van der Waals surface area contributed by atoms with Crippen LogP contribution < -0.4 is 10.2 Å². The highest BCUT2D eigenvalue weighted by atomic mass is 35.5. The number of halogens is 2. The van der Waals surface area contributed by atoms with Gasteiger partial charge < -0.3 is 15.0 Å². The van der Waals surface area contributed by atoms with Crippen LogP contribution >= 0.6 is 35.4 Å². The summed E-state index contributed by atoms with van der Waals surface area (Å²) in [5.41, 5.74) is 2.28. The Morgan fingerprint density at radius 2 is 1.70 bits per heavy atom. The lowest BCUT2D eigenvalue weighted by atomic mass is 10.1. The second-order valence-electron chi connectivity index (χ2n) is 8.26. The van der Waals surface area contributed by atoms with Crippen LogP contribution in [0.25, 0.3) is 0 Å². The molecular weight excluding hydrogens is 533 g/mol. The fourth-order valence-corrected chi connectivity index (χ4v) is 4.64. The fraction of sp³-hybridized carbons (Fsp3) is 0.185. The van der Waals surface area contributed by atoms with E-state index in [9.17, 15) is 14.4 Å². The van der Waals surface area contributed by atoms with Crippen LogP contribution in [0.5, 0.6) is 0 Å². The first kappa shape index (κ1) is 26.6. The Hall–Kier alpha value is -3.46. The molecule has 1 heterocycles. The van der Waals surface area contributed by atoms with Crippen molar-refractivity contribution in [3.8, 4) is 0 Å². The third-order valence-electron chi connectivity index (χ3n) is 5.71. The van der Waals surface area contributed by atoms with E-state index in [1.807, 2.05) is 12.1 Å². The van der Waals surface area contributed by atoms with Crippen LogP contribution in [-0.4, -0.2) is 40.4 Å². The van der Waals surface area contributed by atoms with Crippen molar-refractivity contribution in [2.24, 2.45) is 0 Å². The Kier molecular flexibility index (Phi) is 8.43. The molecule has 1 N–H and O–H groups in total. The largest absolute Gasteiger partial charge is 0.462 e. The summed E-state index contributed by atoms with van der Waals surface area (Å²) in [4.78, 5) is 41.5. The highest BCUT2D eigenvalue weighted by molar-refractivity contribution is 7.80. The molecule has 10 heteroatoms. The summed E-state index contributed by atoms with van der Waals surface area (Å²) in [5.74, 6) is -1.14. The predicted octanol–water partition coefficient (Wildman–Crippen LogP) is 5.70. The smallest absolute Gasteiger partial charge is 0.338 e. The van der Waals surface area contributed by atoms with Gasteiger partial charge >= 0.3 is 5.97 Å². The standard InChI is InChI=1S/C27H23Cl2N3O4S/c1-2-36-26(35)18-8-12-21(13-9-18)30-24(33)15-23-25(34)32(22-5-3-4-20(29)14-22)27(37)31(23)16-17-6-10-19(28)11-7-17/h3-14,23H,2,15-16H2,1H3,(H,30,33). The van der Waals surface area contributed by atoms with Crippen LogP contribution in [0.4, 0.5) is 11.4 Å². The SMILES string of the molecule is CCOC(=O)c1ccc(NC(=O)CC2C(=O)N(c3cccc(Cl)c3)C(=S)N2Cc2ccc(Cl)cc2)cc1. The van der Waals surface area contributed by atoms with E-state index >= 15 is 0 Å². The van der Waals surface area contributed by atoms with Gasteiger partial charge in [-0.1, -0.05) is 41.4 Å². The van der Waals surface area contributed by atoms with Crippen molar-refractivity contribution in [2.45, 2.75) is 25.9 Å². The molecule has 1 unspecified atom stereocenters. The number of benzene rings is 3. The summed E-state index contributed by atoms with van der Waals surface area (Å²) in [6.45, 7) is 2.31. The van der Waals surface area contributed by atoms with E-state index in [1.54, 1.807) is 72.5 Å². The third-order valence-corrected chi connectivity index (χ3v) is 6.61. The molecule has 0 aliphatic carbocycles. The number of ether oxygens (including phenoxy) is 1. The summed E-state index contributed by atoms with van der Waals surface area (Å²) in [5, 5.41) is 4.12. The molecule has 37 heavy (non-hydrogen) atoms. The summed E-state index contributed by atoms with van der Waals surface area (Å²) in [6.07, 6.45) is -0.136. The average molecular weight is 556 g/mol. The minimum Gasteiger partial charge on any atom is -0.462 e. The lowest BCUT2D eigenvalue weighted by Crippen LogP contribution is -2.37. The molecule has 4 rings (SSSR count). The highest BCUT2D eigenvalue weighted by Crippen LogP contribution is 2.30. The quantitative estimate of drug-likeness (QED) is 0.283. The molecule has 0 bridgehead atoms. The van der Waals surface area contributed by atoms with Crippen molar-refractivity contribution in [2.75, 3.05) is 16.8 Å². The average Bonchev–Trinajstić information content (AvgIpc) is 3.09. The van der Waals surface area contributed by atoms with Crippen molar-refractivity contribution in [3.05, 3.63) is 94.0 Å². The van der Waals surface area contributed by atoms with Gasteiger partial charge in [-0.05, 0) is 79.3 Å². The number of rotatable bonds is 8. The van der Waals surface area contributed by atoms with E-state index in [2.05, 4.69) is 5.32 Å². The Morgan fingerprint density at radius 1 is 1.00 bits per heavy atom. The van der Waals surface area contributed by atoms with Crippen molar-refractivity contribution in [1.82, 2.24) is 4.90 Å². The molecule has 3 aromatic rings. The van der Waals surface area contributed by atoms with E-state index in [4.69, 9.17) is 40.2 Å². The van der Waals surface area contributed by atoms with E-state index in [0.717, 1.165) is 5.56 Å². The Bertz CT molecular complexity index is 1330. The lowest BCUT2D eigenvalue weighted by molar-refractivity contribution is -0.124. The van der Waals surface area contributed by atoms with Crippen LogP contribution in [0.15, 0.2) is 72.8 Å². The molecule has 0 spiro atoms. The molecule has 3 aromatic carbocycles. The lowest BCUT2D eigenvalue weighted by Gasteiger charge is -2.24. The van der Waals surface area contributed by atoms with Crippen molar-refractivity contribution in [1.29, 1.82) is 0 Å². The van der Waals surface area contributed by atoms with Crippen molar-refractivity contribution < 1.29 is 19.1 Å². The number of carbonyl (C=O) groups is 3. The number of esters is 1. The van der Waals surface area contributed by atoms with Crippen molar-refractivity contribution in [3.63, 3.8) is 0 Å². The second-order valence-corrected chi connectivity index (χ2v) is 9.49. The molecule has 1 saturated heterocycles. The maximum atomic E-state index is 13.6. The summed E-state index contributed by atoms with van der Waals surface area (Å²) < 4.78 is 4.98. The normalized spacial score (nSPS) is 15.2. The first-order chi connectivity index (χ1) is 17.8. The molecule has 2 amide bonds. The number of hydrogen-bond donors (Lipinski definition) is 1. The molecule has 0 radical (unpaired) electrons. The minimum absolute atomic E-state index is 0.136. The molecule has 1 aliphatic rings. The minimum atomic E-state index is -0.832. The van der Waals surface area contributed by atoms with Crippen molar-refractivity contribution >= 4 is 69.7 Å². The fourth-order valence-electron chi connectivity index (χ4n) is 3.94. The van der Waals surface area contributed by atoms with Gasteiger partial charge in [0.2, 0.25) is 5.91 Å². The first-order valence-corrected chi connectivity index (χ1v) is 12.6. The Labute approximate surface area is 229 Å². The zero-order valence-corrected chi connectivity index (χ0v) is 22.1. The Balaban J connectivity index is 1.54. The van der Waals surface area contributed by atoms with Gasteiger partial charge in [-0.2, -0.15) is 0 Å². The third kappa shape index (κ3) is 6.28. The molecule has 1 atom stereocenters. The molecule has 190 valence electrons. The molecule has 7 nitrogen and oxygen atoms in total. The maximum Gasteiger partial charge on any atom is 0.338 e. The molecular formula is C27H23Cl2N3O4S. The van der Waals surface area contributed by atoms with E-state index in [1.165, 1.54) is 4.90 Å². The van der Waals surface area contributed by atoms with E-state index in [-0.39, 0.29) is 30.0 Å². The van der Waals surface area contributed by atoms with Gasteiger partial charge in [0.15, 0.2) is 5.11 Å². The zero-order valence-electron chi connectivity index (χ0n) is 19.8. The maximum absolute atomic E-state index is 13.6. The monoisotopic (exact) mass is 555 g/mol. The van der Waals surface area contributed by atoms with Crippen LogP contribution in [0.1, 0.15) is 29.3 Å². The molecule has 0 aromatic heterocycles. The Morgan fingerprint density at radius 3 is 2.35 bits per heavy atom. The number of anilines is 2. The molecule has 1 aliphatic heterocycles. The van der Waals surface area contributed by atoms with Crippen LogP contribution in [0.2, 0.25) is 10.0 Å². The summed E-state index contributed by atoms with van der Waals surface area (Å²) >= 11 is 17.9. The van der Waals surface area contributed by atoms with Gasteiger partial charge in [0.05, 0.1) is 24.3 Å². The van der Waals surface area contributed by atoms with Gasteiger partial charge in [0, 0.05) is 22.3 Å².